The molecular formula is C53H50Cl2N2O9. The van der Waals surface area contributed by atoms with Crippen LogP contribution in [-0.2, 0) is 22.6 Å². The average Bonchev–Trinajstić information content (AvgIpc) is 4.00. The van der Waals surface area contributed by atoms with Crippen LogP contribution in [0.4, 0.5) is 4.79 Å². The number of hydrogen-bond donors (Lipinski definition) is 0. The number of hydrogen-bond acceptors (Lipinski definition) is 9. The molecular weight excluding hydrogens is 879 g/mol. The van der Waals surface area contributed by atoms with E-state index in [2.05, 4.69) is 0 Å². The first kappa shape index (κ1) is 48.5. The van der Waals surface area contributed by atoms with Gasteiger partial charge in [0, 0.05) is 57.8 Å². The highest BCUT2D eigenvalue weighted by atomic mass is 35.5. The monoisotopic (exact) mass is 928 g/mol. The number of Topliss-reactive ketones (excluding diaryl/α,β-unsaturated/α-hetero) is 2. The van der Waals surface area contributed by atoms with Crippen LogP contribution in [0.2, 0.25) is 10.0 Å². The van der Waals surface area contributed by atoms with Crippen molar-refractivity contribution >= 4 is 64.6 Å². The van der Waals surface area contributed by atoms with E-state index in [0.717, 1.165) is 0 Å². The molecule has 2 aromatic heterocycles. The molecule has 0 radical (unpaired) electrons. The quantitative estimate of drug-likeness (QED) is 0.0542. The Labute approximate surface area is 394 Å². The second-order valence-corrected chi connectivity index (χ2v) is 16.9. The van der Waals surface area contributed by atoms with Gasteiger partial charge in [0.15, 0.2) is 12.2 Å². The second-order valence-electron chi connectivity index (χ2n) is 16.0. The maximum absolute atomic E-state index is 14.2. The minimum atomic E-state index is -1.30. The standard InChI is InChI=1S/C53H50Cl2N2O9/c1-33(2)51(49(60)43-31-39(54)21-15-35(43)11-7-27-56-29-9-13-45(56)47(58)37-17-23-41(63-5)24-18-37)65-53(62)66-52(34(3)4)50(61)44-32-40(55)22-16-36(44)12-8-28-57-30-10-14-46(57)48(59)38-19-25-42(64-6)26-20-38/h7-26,29-34,51-52H,27-28H2,1-6H3/b11-7+,12-8+. The summed E-state index contributed by atoms with van der Waals surface area (Å²) in [5.74, 6) is -1.08. The number of ether oxygens (including phenoxy) is 4. The van der Waals surface area contributed by atoms with Gasteiger partial charge in [-0.25, -0.2) is 4.79 Å². The average molecular weight is 930 g/mol. The first-order chi connectivity index (χ1) is 31.7. The molecule has 0 spiro atoms. The molecule has 6 aromatic rings. The van der Waals surface area contributed by atoms with Crippen molar-refractivity contribution in [2.75, 3.05) is 14.2 Å². The molecule has 0 fully saturated rings. The molecule has 0 saturated carbocycles. The molecule has 6 rings (SSSR count). The fourth-order valence-corrected chi connectivity index (χ4v) is 7.57. The maximum Gasteiger partial charge on any atom is 0.509 e. The van der Waals surface area contributed by atoms with Crippen LogP contribution in [0.25, 0.3) is 12.2 Å². The molecule has 340 valence electrons. The Bertz CT molecular complexity index is 2580. The van der Waals surface area contributed by atoms with Gasteiger partial charge in [-0.1, -0.05) is 87.3 Å². The largest absolute Gasteiger partial charge is 0.509 e. The third kappa shape index (κ3) is 11.8. The second kappa shape index (κ2) is 22.3. The summed E-state index contributed by atoms with van der Waals surface area (Å²) in [7, 11) is 3.12. The Kier molecular flexibility index (Phi) is 16.4. The number of rotatable bonds is 20. The Morgan fingerprint density at radius 2 is 0.924 bits per heavy atom. The van der Waals surface area contributed by atoms with E-state index in [0.29, 0.717) is 68.3 Å². The van der Waals surface area contributed by atoms with Gasteiger partial charge in [0.25, 0.3) is 0 Å². The number of halogens is 2. The van der Waals surface area contributed by atoms with Gasteiger partial charge < -0.3 is 28.1 Å². The molecule has 2 atom stereocenters. The summed E-state index contributed by atoms with van der Waals surface area (Å²) < 4.78 is 25.5. The van der Waals surface area contributed by atoms with Gasteiger partial charge in [-0.15, -0.1) is 0 Å². The number of nitrogens with zero attached hydrogens (tertiary/aromatic N) is 2. The van der Waals surface area contributed by atoms with Crippen molar-refractivity contribution in [1.29, 1.82) is 0 Å². The van der Waals surface area contributed by atoms with Gasteiger partial charge >= 0.3 is 6.16 Å². The Morgan fingerprint density at radius 3 is 1.27 bits per heavy atom. The number of allylic oxidation sites excluding steroid dienone is 2. The van der Waals surface area contributed by atoms with Crippen molar-refractivity contribution in [1.82, 2.24) is 9.13 Å². The predicted molar refractivity (Wildman–Crippen MR) is 256 cm³/mol. The normalized spacial score (nSPS) is 12.4. The third-order valence-corrected chi connectivity index (χ3v) is 11.2. The van der Waals surface area contributed by atoms with E-state index >= 15 is 0 Å². The van der Waals surface area contributed by atoms with Crippen molar-refractivity contribution in [3.63, 3.8) is 0 Å². The minimum absolute atomic E-state index is 0.160. The van der Waals surface area contributed by atoms with Gasteiger partial charge in [0.1, 0.15) is 11.5 Å². The summed E-state index contributed by atoms with van der Waals surface area (Å²) >= 11 is 12.8. The van der Waals surface area contributed by atoms with Crippen molar-refractivity contribution in [2.45, 2.75) is 53.0 Å². The number of ketones is 4. The summed E-state index contributed by atoms with van der Waals surface area (Å²) in [6, 6.07) is 30.5. The van der Waals surface area contributed by atoms with Crippen molar-refractivity contribution < 1.29 is 42.9 Å². The molecule has 0 aliphatic carbocycles. The van der Waals surface area contributed by atoms with Crippen LogP contribution < -0.4 is 9.47 Å². The first-order valence-electron chi connectivity index (χ1n) is 21.2. The maximum atomic E-state index is 14.2. The van der Waals surface area contributed by atoms with Crippen LogP contribution in [0.5, 0.6) is 11.5 Å². The lowest BCUT2D eigenvalue weighted by Crippen LogP contribution is -2.37. The molecule has 0 aliphatic heterocycles. The fraction of sp³-hybridized carbons (Fsp3) is 0.226. The zero-order valence-electron chi connectivity index (χ0n) is 37.4. The lowest BCUT2D eigenvalue weighted by Gasteiger charge is -2.24. The van der Waals surface area contributed by atoms with Crippen molar-refractivity contribution in [3.05, 3.63) is 189 Å². The molecule has 0 bridgehead atoms. The Morgan fingerprint density at radius 1 is 0.545 bits per heavy atom. The van der Waals surface area contributed by atoms with Gasteiger partial charge in [-0.05, 0) is 120 Å². The SMILES string of the molecule is COc1ccc(C(=O)c2cccn2C/C=C/c2ccc(Cl)cc2C(=O)C(OC(=O)OC(C(=O)c2cc(Cl)ccc2/C=C/Cn2cccc2C(=O)c2ccc(OC)cc2)C(C)C)C(C)C)cc1. The lowest BCUT2D eigenvalue weighted by molar-refractivity contribution is -0.0139. The summed E-state index contributed by atoms with van der Waals surface area (Å²) in [6.45, 7) is 7.53. The zero-order valence-corrected chi connectivity index (χ0v) is 38.9. The minimum Gasteiger partial charge on any atom is -0.497 e. The molecule has 13 heteroatoms. The van der Waals surface area contributed by atoms with E-state index in [4.69, 9.17) is 42.1 Å². The molecule has 0 aliphatic rings. The molecule has 0 saturated heterocycles. The third-order valence-electron chi connectivity index (χ3n) is 10.8. The van der Waals surface area contributed by atoms with E-state index in [9.17, 15) is 24.0 Å². The molecule has 4 aromatic carbocycles. The zero-order chi connectivity index (χ0) is 47.5. The van der Waals surface area contributed by atoms with Gasteiger partial charge in [0.05, 0.1) is 25.6 Å². The van der Waals surface area contributed by atoms with E-state index in [1.165, 1.54) is 12.1 Å². The summed E-state index contributed by atoms with van der Waals surface area (Å²) in [5, 5.41) is 0.595. The predicted octanol–water partition coefficient (Wildman–Crippen LogP) is 11.8. The lowest BCUT2D eigenvalue weighted by atomic mass is 9.94. The highest BCUT2D eigenvalue weighted by Gasteiger charge is 2.34. The first-order valence-corrected chi connectivity index (χ1v) is 22.0. The van der Waals surface area contributed by atoms with Crippen LogP contribution in [0.1, 0.15) is 91.6 Å². The van der Waals surface area contributed by atoms with Gasteiger partial charge in [-0.2, -0.15) is 0 Å². The molecule has 2 unspecified atom stereocenters. The van der Waals surface area contributed by atoms with Crippen molar-refractivity contribution in [2.24, 2.45) is 11.8 Å². The molecule has 0 N–H and O–H groups in total. The van der Waals surface area contributed by atoms with Gasteiger partial charge in [0.2, 0.25) is 23.1 Å². The van der Waals surface area contributed by atoms with Crippen LogP contribution in [-0.4, -0.2) is 64.9 Å². The molecule has 11 nitrogen and oxygen atoms in total. The van der Waals surface area contributed by atoms with Crippen LogP contribution in [0.15, 0.2) is 134 Å². The Hall–Kier alpha value is -6.95. The number of aromatic nitrogens is 2. The van der Waals surface area contributed by atoms with Crippen molar-refractivity contribution in [3.8, 4) is 11.5 Å². The number of methoxy groups -OCH3 is 2. The van der Waals surface area contributed by atoms with E-state index in [1.54, 1.807) is 173 Å². The molecule has 2 heterocycles. The summed E-state index contributed by atoms with van der Waals surface area (Å²) in [6.07, 6.45) is 6.88. The highest BCUT2D eigenvalue weighted by molar-refractivity contribution is 6.31. The van der Waals surface area contributed by atoms with Crippen LogP contribution in [0.3, 0.4) is 0 Å². The number of carbonyl (C=O) groups is 5. The van der Waals surface area contributed by atoms with E-state index in [1.807, 2.05) is 12.2 Å². The number of benzene rings is 4. The molecule has 0 amide bonds. The summed E-state index contributed by atoms with van der Waals surface area (Å²) in [5.41, 5.74) is 3.41. The molecule has 66 heavy (non-hydrogen) atoms. The van der Waals surface area contributed by atoms with Crippen LogP contribution >= 0.6 is 23.2 Å². The number of carbonyl (C=O) groups excluding carboxylic acids is 5. The smallest absolute Gasteiger partial charge is 0.497 e. The Balaban J connectivity index is 1.14. The van der Waals surface area contributed by atoms with E-state index < -0.39 is 41.8 Å². The highest BCUT2D eigenvalue weighted by Crippen LogP contribution is 2.27. The topological polar surface area (TPSA) is 132 Å². The summed E-state index contributed by atoms with van der Waals surface area (Å²) in [4.78, 5) is 68.7. The van der Waals surface area contributed by atoms with Crippen LogP contribution in [0, 0.1) is 11.8 Å². The fourth-order valence-electron chi connectivity index (χ4n) is 7.23. The van der Waals surface area contributed by atoms with E-state index in [-0.39, 0.29) is 22.7 Å². The van der Waals surface area contributed by atoms with Gasteiger partial charge in [-0.3, -0.25) is 19.2 Å².